The minimum absolute atomic E-state index is 0.209. The van der Waals surface area contributed by atoms with Crippen LogP contribution in [0.2, 0.25) is 0 Å². The lowest BCUT2D eigenvalue weighted by atomic mass is 10.1. The van der Waals surface area contributed by atoms with Crippen molar-refractivity contribution in [2.24, 2.45) is 0 Å². The number of hydrogen-bond donors (Lipinski definition) is 2. The van der Waals surface area contributed by atoms with Crippen molar-refractivity contribution >= 4 is 27.3 Å². The van der Waals surface area contributed by atoms with E-state index in [9.17, 15) is 40.7 Å². The van der Waals surface area contributed by atoms with Gasteiger partial charge in [-0.15, -0.1) is 0 Å². The van der Waals surface area contributed by atoms with Crippen molar-refractivity contribution < 1.29 is 40.7 Å². The quantitative estimate of drug-likeness (QED) is 0.646. The van der Waals surface area contributed by atoms with Crippen LogP contribution in [0, 0.1) is 12.7 Å². The fourth-order valence-electron chi connectivity index (χ4n) is 2.54. The first kappa shape index (κ1) is 25.3. The zero-order chi connectivity index (χ0) is 24.6. The second-order valence-corrected chi connectivity index (χ2v) is 9.22. The number of hydrogen-bond acceptors (Lipinski definition) is 5. The molecule has 0 aliphatic carbocycles. The zero-order valence-corrected chi connectivity index (χ0v) is 18.2. The lowest BCUT2D eigenvalue weighted by Crippen LogP contribution is -2.52. The van der Waals surface area contributed by atoms with Crippen LogP contribution in [0.15, 0.2) is 46.2 Å². The van der Waals surface area contributed by atoms with Gasteiger partial charge in [-0.25, -0.2) is 12.8 Å². The summed E-state index contributed by atoms with van der Waals surface area (Å²) in [4.78, 5) is 24.0. The standard InChI is InChI=1S/C20H20F4N2O5S/c1-11-14(25-18(28)19(2,29)20(22,23)24)9-10-15(16(11)21)32(30,31)13-7-5-12(6-8-13)17(27)26(3)4/h5-10,29H,1-4H3,(H,25,28)/t19-/m1/s1. The molecule has 2 rings (SSSR count). The number of benzene rings is 2. The molecule has 32 heavy (non-hydrogen) atoms. The van der Waals surface area contributed by atoms with E-state index in [2.05, 4.69) is 0 Å². The van der Waals surface area contributed by atoms with Crippen LogP contribution in [0.25, 0.3) is 0 Å². The number of nitrogens with zero attached hydrogens (tertiary/aromatic N) is 1. The predicted octanol–water partition coefficient (Wildman–Crippen LogP) is 2.92. The summed E-state index contributed by atoms with van der Waals surface area (Å²) in [6, 6.07) is 6.46. The summed E-state index contributed by atoms with van der Waals surface area (Å²) in [5.41, 5.74) is -4.42. The molecule has 0 spiro atoms. The number of alkyl halides is 3. The molecule has 0 aliphatic heterocycles. The van der Waals surface area contributed by atoms with Crippen LogP contribution in [0.1, 0.15) is 22.8 Å². The Morgan fingerprint density at radius 2 is 1.56 bits per heavy atom. The van der Waals surface area contributed by atoms with E-state index in [0.717, 1.165) is 31.2 Å². The number of anilines is 1. The van der Waals surface area contributed by atoms with Gasteiger partial charge >= 0.3 is 6.18 Å². The maximum Gasteiger partial charge on any atom is 0.426 e. The Bertz CT molecular complexity index is 1160. The fourth-order valence-corrected chi connectivity index (χ4v) is 3.92. The van der Waals surface area contributed by atoms with Crippen LogP contribution >= 0.6 is 0 Å². The normalized spacial score (nSPS) is 13.9. The number of rotatable bonds is 5. The SMILES string of the molecule is Cc1c(NC(=O)[C@@](C)(O)C(F)(F)F)ccc(S(=O)(=O)c2ccc(C(=O)N(C)C)cc2)c1F. The molecule has 0 heterocycles. The van der Waals surface area contributed by atoms with Crippen molar-refractivity contribution in [3.63, 3.8) is 0 Å². The van der Waals surface area contributed by atoms with E-state index in [1.165, 1.54) is 31.1 Å². The van der Waals surface area contributed by atoms with Crippen LogP contribution in [0.4, 0.5) is 23.2 Å². The smallest absolute Gasteiger partial charge is 0.373 e. The number of halogens is 4. The molecule has 7 nitrogen and oxygen atoms in total. The van der Waals surface area contributed by atoms with E-state index < -0.39 is 49.5 Å². The zero-order valence-electron chi connectivity index (χ0n) is 17.4. The summed E-state index contributed by atoms with van der Waals surface area (Å²) in [6.07, 6.45) is -5.28. The molecule has 2 amide bonds. The van der Waals surface area contributed by atoms with Gasteiger partial charge < -0.3 is 15.3 Å². The lowest BCUT2D eigenvalue weighted by molar-refractivity contribution is -0.242. The Balaban J connectivity index is 2.41. The monoisotopic (exact) mass is 476 g/mol. The number of carbonyl (C=O) groups excluding carboxylic acids is 2. The first-order valence-electron chi connectivity index (χ1n) is 8.98. The summed E-state index contributed by atoms with van der Waals surface area (Å²) in [7, 11) is -1.37. The Kier molecular flexibility index (Phi) is 6.72. The summed E-state index contributed by atoms with van der Waals surface area (Å²) in [6.45, 7) is 1.29. The van der Waals surface area contributed by atoms with Gasteiger partial charge in [-0.05, 0) is 50.2 Å². The number of nitrogens with one attached hydrogen (secondary N) is 1. The fraction of sp³-hybridized carbons (Fsp3) is 0.300. The van der Waals surface area contributed by atoms with Gasteiger partial charge in [0.05, 0.1) is 4.90 Å². The first-order chi connectivity index (χ1) is 14.5. The predicted molar refractivity (Wildman–Crippen MR) is 106 cm³/mol. The summed E-state index contributed by atoms with van der Waals surface area (Å²) >= 11 is 0. The number of sulfone groups is 1. The van der Waals surface area contributed by atoms with Crippen molar-refractivity contribution in [1.82, 2.24) is 4.90 Å². The van der Waals surface area contributed by atoms with Crippen molar-refractivity contribution in [3.05, 3.63) is 53.3 Å². The molecule has 2 N–H and O–H groups in total. The Hall–Kier alpha value is -2.99. The third-order valence-corrected chi connectivity index (χ3v) is 6.49. The molecule has 174 valence electrons. The molecule has 0 bridgehead atoms. The molecule has 2 aromatic rings. The van der Waals surface area contributed by atoms with Crippen molar-refractivity contribution in [3.8, 4) is 0 Å². The lowest BCUT2D eigenvalue weighted by Gasteiger charge is -2.25. The van der Waals surface area contributed by atoms with Gasteiger partial charge in [0.2, 0.25) is 15.4 Å². The number of carbonyl (C=O) groups is 2. The molecule has 12 heteroatoms. The average molecular weight is 476 g/mol. The highest BCUT2D eigenvalue weighted by Crippen LogP contribution is 2.33. The summed E-state index contributed by atoms with van der Waals surface area (Å²) < 4.78 is 79.0. The van der Waals surface area contributed by atoms with Gasteiger partial charge in [-0.2, -0.15) is 13.2 Å². The van der Waals surface area contributed by atoms with Gasteiger partial charge in [0.15, 0.2) is 0 Å². The molecule has 0 aliphatic rings. The van der Waals surface area contributed by atoms with E-state index in [1.54, 1.807) is 5.32 Å². The van der Waals surface area contributed by atoms with Crippen LogP contribution in [-0.2, 0) is 14.6 Å². The van der Waals surface area contributed by atoms with Crippen LogP contribution in [-0.4, -0.2) is 56.1 Å². The highest BCUT2D eigenvalue weighted by atomic mass is 32.2. The largest absolute Gasteiger partial charge is 0.426 e. The molecule has 0 saturated heterocycles. The summed E-state index contributed by atoms with van der Waals surface area (Å²) in [5.74, 6) is -3.52. The highest BCUT2D eigenvalue weighted by Gasteiger charge is 2.55. The molecule has 1 atom stereocenters. The molecule has 0 radical (unpaired) electrons. The minimum atomic E-state index is -5.28. The van der Waals surface area contributed by atoms with Crippen molar-refractivity contribution in [2.75, 3.05) is 19.4 Å². The van der Waals surface area contributed by atoms with Gasteiger partial charge in [0, 0.05) is 30.9 Å². The van der Waals surface area contributed by atoms with Crippen LogP contribution in [0.5, 0.6) is 0 Å². The average Bonchev–Trinajstić information content (AvgIpc) is 2.69. The van der Waals surface area contributed by atoms with Gasteiger partial charge in [0.1, 0.15) is 10.7 Å². The van der Waals surface area contributed by atoms with Gasteiger partial charge in [0.25, 0.3) is 11.8 Å². The molecule has 0 unspecified atom stereocenters. The minimum Gasteiger partial charge on any atom is -0.373 e. The van der Waals surface area contributed by atoms with Crippen molar-refractivity contribution in [1.29, 1.82) is 0 Å². The Morgan fingerprint density at radius 1 is 1.03 bits per heavy atom. The van der Waals surface area contributed by atoms with E-state index in [4.69, 9.17) is 0 Å². The second kappa shape index (κ2) is 8.51. The highest BCUT2D eigenvalue weighted by molar-refractivity contribution is 7.91. The van der Waals surface area contributed by atoms with Gasteiger partial charge in [-0.3, -0.25) is 9.59 Å². The van der Waals surface area contributed by atoms with Crippen LogP contribution in [0.3, 0.4) is 0 Å². The second-order valence-electron chi connectivity index (χ2n) is 7.30. The van der Waals surface area contributed by atoms with Crippen LogP contribution < -0.4 is 5.32 Å². The third kappa shape index (κ3) is 4.60. The molecular formula is C20H20F4N2O5S. The third-order valence-electron chi connectivity index (χ3n) is 4.70. The first-order valence-corrected chi connectivity index (χ1v) is 10.5. The molecular weight excluding hydrogens is 456 g/mol. The number of amides is 2. The van der Waals surface area contributed by atoms with E-state index >= 15 is 0 Å². The Labute approximate surface area is 181 Å². The molecule has 0 aromatic heterocycles. The molecule has 0 saturated carbocycles. The van der Waals surface area contributed by atoms with E-state index in [-0.39, 0.29) is 23.3 Å². The maximum atomic E-state index is 14.9. The topological polar surface area (TPSA) is 104 Å². The Morgan fingerprint density at radius 3 is 2.03 bits per heavy atom. The van der Waals surface area contributed by atoms with E-state index in [0.29, 0.717) is 0 Å². The van der Waals surface area contributed by atoms with Gasteiger partial charge in [-0.1, -0.05) is 0 Å². The van der Waals surface area contributed by atoms with E-state index in [1.807, 2.05) is 0 Å². The summed E-state index contributed by atoms with van der Waals surface area (Å²) in [5, 5.41) is 11.2. The maximum absolute atomic E-state index is 14.9. The number of aliphatic hydroxyl groups is 1. The molecule has 2 aromatic carbocycles. The van der Waals surface area contributed by atoms with Crippen molar-refractivity contribution in [2.45, 2.75) is 35.4 Å². The molecule has 0 fully saturated rings.